The second kappa shape index (κ2) is 14.3. The zero-order valence-electron chi connectivity index (χ0n) is 24.3. The summed E-state index contributed by atoms with van der Waals surface area (Å²) in [6.07, 6.45) is 2.00. The Bertz CT molecular complexity index is 1290. The number of nitrogens with one attached hydrogen (secondary N) is 1. The Kier molecular flexibility index (Phi) is 12.0. The molecule has 10 heteroatoms. The molecule has 3 aromatic rings. The number of benzene rings is 1. The SMILES string of the molecule is CC(C)C(=O)CC(C)(C)O.CC(C)NS(=O)(=O)C1CC1.CC(C)Oc1nc2ccccc2nc1-c1cccs1. The van der Waals surface area contributed by atoms with Crippen LogP contribution < -0.4 is 9.46 Å². The van der Waals surface area contributed by atoms with Crippen molar-refractivity contribution in [3.63, 3.8) is 0 Å². The van der Waals surface area contributed by atoms with E-state index >= 15 is 0 Å². The van der Waals surface area contributed by atoms with E-state index in [1.165, 1.54) is 0 Å². The van der Waals surface area contributed by atoms with Crippen molar-refractivity contribution >= 4 is 38.2 Å². The first-order chi connectivity index (χ1) is 18.1. The topological polar surface area (TPSA) is 118 Å². The van der Waals surface area contributed by atoms with Crippen LogP contribution in [-0.2, 0) is 14.8 Å². The molecule has 2 heterocycles. The van der Waals surface area contributed by atoms with Crippen molar-refractivity contribution in [2.24, 2.45) is 5.92 Å². The number of sulfonamides is 1. The van der Waals surface area contributed by atoms with Gasteiger partial charge in [0.15, 0.2) is 0 Å². The van der Waals surface area contributed by atoms with Crippen LogP contribution in [-0.4, -0.2) is 52.3 Å². The second-order valence-corrected chi connectivity index (χ2v) is 14.1. The first-order valence-electron chi connectivity index (χ1n) is 13.3. The van der Waals surface area contributed by atoms with E-state index in [-0.39, 0.29) is 35.5 Å². The number of hydrogen-bond acceptors (Lipinski definition) is 8. The molecule has 0 unspecified atom stereocenters. The molecule has 216 valence electrons. The van der Waals surface area contributed by atoms with Crippen molar-refractivity contribution in [2.75, 3.05) is 0 Å². The van der Waals surface area contributed by atoms with Crippen LogP contribution in [0, 0.1) is 5.92 Å². The number of ketones is 1. The predicted molar refractivity (Wildman–Crippen MR) is 160 cm³/mol. The Morgan fingerprint density at radius 2 is 1.64 bits per heavy atom. The van der Waals surface area contributed by atoms with Gasteiger partial charge >= 0.3 is 0 Å². The van der Waals surface area contributed by atoms with Crippen molar-refractivity contribution in [1.82, 2.24) is 14.7 Å². The lowest BCUT2D eigenvalue weighted by atomic mass is 9.96. The fraction of sp³-hybridized carbons (Fsp3) is 0.552. The van der Waals surface area contributed by atoms with Gasteiger partial charge in [-0.05, 0) is 78.0 Å². The van der Waals surface area contributed by atoms with Crippen molar-refractivity contribution < 1.29 is 23.1 Å². The summed E-state index contributed by atoms with van der Waals surface area (Å²) in [5.41, 5.74) is 1.73. The van der Waals surface area contributed by atoms with E-state index < -0.39 is 15.6 Å². The van der Waals surface area contributed by atoms with Crippen molar-refractivity contribution in [2.45, 2.75) is 97.6 Å². The normalized spacial score (nSPS) is 13.6. The van der Waals surface area contributed by atoms with Gasteiger partial charge in [0.1, 0.15) is 11.5 Å². The first-order valence-corrected chi connectivity index (χ1v) is 15.7. The standard InChI is InChI=1S/C15H14N2OS.C8H16O2.C6H13NO2S/c1-10(2)18-15-14(13-8-5-9-19-13)16-11-6-3-4-7-12(11)17-15;1-6(2)7(9)5-8(3,4)10;1-5(2)7-10(8,9)6-3-4-6/h3-10H,1-2H3;6,10H,5H2,1-4H3;5-7H,3-4H2,1-2H3. The summed E-state index contributed by atoms with van der Waals surface area (Å²) in [5.74, 6) is 0.759. The number of para-hydroxylation sites is 2. The van der Waals surface area contributed by atoms with Crippen molar-refractivity contribution in [1.29, 1.82) is 0 Å². The fourth-order valence-electron chi connectivity index (χ4n) is 3.30. The quantitative estimate of drug-likeness (QED) is 0.320. The van der Waals surface area contributed by atoms with E-state index in [4.69, 9.17) is 9.72 Å². The number of thiophene rings is 1. The highest BCUT2D eigenvalue weighted by Crippen LogP contribution is 2.32. The summed E-state index contributed by atoms with van der Waals surface area (Å²) >= 11 is 1.64. The number of rotatable bonds is 9. The first kappa shape index (κ1) is 32.8. The highest BCUT2D eigenvalue weighted by atomic mass is 32.2. The van der Waals surface area contributed by atoms with Gasteiger partial charge in [0.2, 0.25) is 15.9 Å². The monoisotopic (exact) mass is 577 g/mol. The van der Waals surface area contributed by atoms with E-state index in [2.05, 4.69) is 9.71 Å². The number of aromatic nitrogens is 2. The maximum atomic E-state index is 11.1. The molecular weight excluding hydrogens is 534 g/mol. The zero-order chi connectivity index (χ0) is 29.4. The molecule has 1 fully saturated rings. The van der Waals surface area contributed by atoms with Gasteiger partial charge in [0.05, 0.1) is 32.9 Å². The third-order valence-electron chi connectivity index (χ3n) is 5.25. The van der Waals surface area contributed by atoms with Crippen LogP contribution in [0.15, 0.2) is 41.8 Å². The van der Waals surface area contributed by atoms with Crippen LogP contribution in [0.4, 0.5) is 0 Å². The predicted octanol–water partition coefficient (Wildman–Crippen LogP) is 5.99. The average molecular weight is 578 g/mol. The summed E-state index contributed by atoms with van der Waals surface area (Å²) in [7, 11) is -2.94. The van der Waals surface area contributed by atoms with Gasteiger partial charge in [-0.15, -0.1) is 11.3 Å². The van der Waals surface area contributed by atoms with E-state index in [0.29, 0.717) is 5.88 Å². The van der Waals surface area contributed by atoms with Crippen LogP contribution in [0.1, 0.15) is 74.7 Å². The lowest BCUT2D eigenvalue weighted by Crippen LogP contribution is -2.32. The van der Waals surface area contributed by atoms with Gasteiger partial charge in [0.25, 0.3) is 0 Å². The molecule has 0 bridgehead atoms. The lowest BCUT2D eigenvalue weighted by molar-refractivity contribution is -0.125. The molecule has 2 N–H and O–H groups in total. The molecule has 0 saturated heterocycles. The Morgan fingerprint density at radius 1 is 1.05 bits per heavy atom. The molecule has 0 amide bonds. The number of ether oxygens (including phenoxy) is 1. The van der Waals surface area contributed by atoms with Crippen molar-refractivity contribution in [3.8, 4) is 16.5 Å². The minimum absolute atomic E-state index is 0.0330. The Morgan fingerprint density at radius 3 is 2.05 bits per heavy atom. The fourth-order valence-corrected chi connectivity index (χ4v) is 5.61. The van der Waals surface area contributed by atoms with E-state index in [0.717, 1.165) is 34.4 Å². The summed E-state index contributed by atoms with van der Waals surface area (Å²) in [4.78, 5) is 21.4. The summed E-state index contributed by atoms with van der Waals surface area (Å²) in [6, 6.07) is 11.9. The molecule has 8 nitrogen and oxygen atoms in total. The lowest BCUT2D eigenvalue weighted by Gasteiger charge is -2.16. The molecule has 1 aliphatic rings. The van der Waals surface area contributed by atoms with Gasteiger partial charge in [-0.25, -0.2) is 23.1 Å². The largest absolute Gasteiger partial charge is 0.473 e. The van der Waals surface area contributed by atoms with Gasteiger partial charge < -0.3 is 9.84 Å². The van der Waals surface area contributed by atoms with E-state index in [1.807, 2.05) is 83.3 Å². The van der Waals surface area contributed by atoms with Crippen LogP contribution in [0.5, 0.6) is 5.88 Å². The van der Waals surface area contributed by atoms with Crippen LogP contribution >= 0.6 is 11.3 Å². The Hall–Kier alpha value is -2.40. The van der Waals surface area contributed by atoms with Gasteiger partial charge in [-0.2, -0.15) is 0 Å². The summed E-state index contributed by atoms with van der Waals surface area (Å²) in [6.45, 7) is 14.6. The average Bonchev–Trinajstić information content (AvgIpc) is 3.54. The number of Topliss-reactive ketones (excluding diaryl/α,β-unsaturated/α-hetero) is 1. The second-order valence-electron chi connectivity index (χ2n) is 11.1. The molecule has 0 aliphatic heterocycles. The molecule has 1 saturated carbocycles. The smallest absolute Gasteiger partial charge is 0.242 e. The summed E-state index contributed by atoms with van der Waals surface area (Å²) < 4.78 is 30.5. The molecule has 1 aromatic carbocycles. The molecule has 0 atom stereocenters. The minimum Gasteiger partial charge on any atom is -0.473 e. The van der Waals surface area contributed by atoms with Crippen LogP contribution in [0.25, 0.3) is 21.6 Å². The summed E-state index contributed by atoms with van der Waals surface area (Å²) in [5, 5.41) is 11.2. The molecule has 2 aromatic heterocycles. The number of nitrogens with zero attached hydrogens (tertiary/aromatic N) is 2. The highest BCUT2D eigenvalue weighted by Gasteiger charge is 2.35. The van der Waals surface area contributed by atoms with Crippen molar-refractivity contribution in [3.05, 3.63) is 41.8 Å². The molecule has 0 spiro atoms. The number of hydrogen-bond donors (Lipinski definition) is 2. The molecule has 39 heavy (non-hydrogen) atoms. The third-order valence-corrected chi connectivity index (χ3v) is 8.28. The van der Waals surface area contributed by atoms with E-state index in [1.54, 1.807) is 25.2 Å². The number of aliphatic hydroxyl groups is 1. The molecule has 4 rings (SSSR count). The molecular formula is C29H43N3O5S2. The zero-order valence-corrected chi connectivity index (χ0v) is 25.9. The molecule has 0 radical (unpaired) electrons. The highest BCUT2D eigenvalue weighted by molar-refractivity contribution is 7.90. The number of carbonyl (C=O) groups excluding carboxylic acids is 1. The Balaban J connectivity index is 0.000000227. The maximum absolute atomic E-state index is 11.1. The van der Waals surface area contributed by atoms with E-state index in [9.17, 15) is 18.3 Å². The van der Waals surface area contributed by atoms with Crippen LogP contribution in [0.3, 0.4) is 0 Å². The van der Waals surface area contributed by atoms with Gasteiger partial charge in [-0.3, -0.25) is 4.79 Å². The molecule has 1 aliphatic carbocycles. The minimum atomic E-state index is -2.94. The Labute approximate surface area is 237 Å². The maximum Gasteiger partial charge on any atom is 0.242 e. The van der Waals surface area contributed by atoms with Gasteiger partial charge in [0, 0.05) is 18.4 Å². The number of carbonyl (C=O) groups is 1. The number of fused-ring (bicyclic) bond motifs is 1. The van der Waals surface area contributed by atoms with Gasteiger partial charge in [-0.1, -0.05) is 32.0 Å². The third kappa shape index (κ3) is 11.7. The van der Waals surface area contributed by atoms with Crippen LogP contribution in [0.2, 0.25) is 0 Å².